The van der Waals surface area contributed by atoms with Crippen molar-refractivity contribution in [2.24, 2.45) is 0 Å². The zero-order valence-corrected chi connectivity index (χ0v) is 18.4. The molecule has 30 heavy (non-hydrogen) atoms. The first-order chi connectivity index (χ1) is 14.3. The quantitative estimate of drug-likeness (QED) is 0.488. The molecule has 4 rings (SSSR count). The van der Waals surface area contributed by atoms with Crippen LogP contribution in [0.25, 0.3) is 10.8 Å². The summed E-state index contributed by atoms with van der Waals surface area (Å²) < 4.78 is 30.7. The molecular formula is C24H25N3O2S. The van der Waals surface area contributed by atoms with Gasteiger partial charge in [0, 0.05) is 12.3 Å². The number of benzene rings is 3. The molecule has 0 amide bonds. The van der Waals surface area contributed by atoms with Gasteiger partial charge in [-0.15, -0.1) is 0 Å². The second-order valence-electron chi connectivity index (χ2n) is 7.73. The van der Waals surface area contributed by atoms with E-state index in [2.05, 4.69) is 34.1 Å². The number of nitrogens with one attached hydrogen (secondary N) is 1. The Morgan fingerprint density at radius 3 is 2.30 bits per heavy atom. The summed E-state index contributed by atoms with van der Waals surface area (Å²) in [5.41, 5.74) is 4.58. The zero-order valence-electron chi connectivity index (χ0n) is 17.6. The first kappa shape index (κ1) is 20.2. The molecule has 0 aliphatic heterocycles. The van der Waals surface area contributed by atoms with Gasteiger partial charge in [-0.3, -0.25) is 9.40 Å². The SMILES string of the molecule is Cc1cc(C)c(C)c(S(=O)(=O)Nc2ccn(Cc3cccc4ccccc34)n2)c1C. The Hall–Kier alpha value is -3.12. The lowest BCUT2D eigenvalue weighted by Crippen LogP contribution is -2.17. The van der Waals surface area contributed by atoms with Gasteiger partial charge in [-0.1, -0.05) is 48.5 Å². The van der Waals surface area contributed by atoms with Crippen molar-refractivity contribution in [3.05, 3.63) is 88.6 Å². The van der Waals surface area contributed by atoms with Crippen molar-refractivity contribution < 1.29 is 8.42 Å². The van der Waals surface area contributed by atoms with Gasteiger partial charge in [0.1, 0.15) is 0 Å². The molecule has 0 radical (unpaired) electrons. The first-order valence-corrected chi connectivity index (χ1v) is 11.3. The Balaban J connectivity index is 1.62. The summed E-state index contributed by atoms with van der Waals surface area (Å²) in [6, 6.07) is 18.1. The molecule has 1 N–H and O–H groups in total. The van der Waals surface area contributed by atoms with Crippen LogP contribution in [0.5, 0.6) is 0 Å². The number of fused-ring (bicyclic) bond motifs is 1. The maximum absolute atomic E-state index is 13.1. The van der Waals surface area contributed by atoms with E-state index in [4.69, 9.17) is 0 Å². The maximum Gasteiger partial charge on any atom is 0.263 e. The number of hydrogen-bond acceptors (Lipinski definition) is 3. The number of hydrogen-bond donors (Lipinski definition) is 1. The number of aryl methyl sites for hydroxylation is 2. The average molecular weight is 420 g/mol. The molecule has 0 aliphatic rings. The van der Waals surface area contributed by atoms with Gasteiger partial charge >= 0.3 is 0 Å². The molecule has 0 fully saturated rings. The highest BCUT2D eigenvalue weighted by molar-refractivity contribution is 7.92. The predicted octanol–water partition coefficient (Wildman–Crippen LogP) is 5.12. The van der Waals surface area contributed by atoms with E-state index in [1.807, 2.05) is 52.0 Å². The van der Waals surface area contributed by atoms with Gasteiger partial charge in [0.15, 0.2) is 5.82 Å². The second-order valence-corrected chi connectivity index (χ2v) is 9.35. The van der Waals surface area contributed by atoms with Gasteiger partial charge in [-0.05, 0) is 66.3 Å². The summed E-state index contributed by atoms with van der Waals surface area (Å²) in [4.78, 5) is 0.337. The van der Waals surface area contributed by atoms with Crippen LogP contribution in [-0.2, 0) is 16.6 Å². The van der Waals surface area contributed by atoms with Crippen LogP contribution < -0.4 is 4.72 Å². The van der Waals surface area contributed by atoms with Crippen LogP contribution in [0, 0.1) is 27.7 Å². The molecule has 154 valence electrons. The Kier molecular flexibility index (Phi) is 5.12. The summed E-state index contributed by atoms with van der Waals surface area (Å²) in [5, 5.41) is 6.79. The van der Waals surface area contributed by atoms with Crippen LogP contribution in [0.1, 0.15) is 27.8 Å². The lowest BCUT2D eigenvalue weighted by Gasteiger charge is -2.15. The van der Waals surface area contributed by atoms with E-state index in [9.17, 15) is 8.42 Å². The van der Waals surface area contributed by atoms with Crippen molar-refractivity contribution in [1.82, 2.24) is 9.78 Å². The monoisotopic (exact) mass is 419 g/mol. The molecule has 5 nitrogen and oxygen atoms in total. The number of rotatable bonds is 5. The molecule has 0 unspecified atom stereocenters. The third-order valence-electron chi connectivity index (χ3n) is 5.66. The molecule has 6 heteroatoms. The fraction of sp³-hybridized carbons (Fsp3) is 0.208. The fourth-order valence-corrected chi connectivity index (χ4v) is 5.50. The molecule has 0 spiro atoms. The van der Waals surface area contributed by atoms with E-state index < -0.39 is 10.0 Å². The molecule has 0 saturated carbocycles. The molecule has 0 atom stereocenters. The zero-order chi connectivity index (χ0) is 21.5. The van der Waals surface area contributed by atoms with Gasteiger partial charge in [-0.2, -0.15) is 5.10 Å². The summed E-state index contributed by atoms with van der Waals surface area (Å²) in [7, 11) is -3.74. The Labute approximate surface area is 177 Å². The van der Waals surface area contributed by atoms with E-state index in [1.54, 1.807) is 16.9 Å². The molecule has 1 aromatic heterocycles. The van der Waals surface area contributed by atoms with E-state index in [0.717, 1.165) is 27.8 Å². The van der Waals surface area contributed by atoms with Gasteiger partial charge < -0.3 is 0 Å². The number of sulfonamides is 1. The lowest BCUT2D eigenvalue weighted by molar-refractivity contribution is 0.599. The van der Waals surface area contributed by atoms with Gasteiger partial charge in [-0.25, -0.2) is 8.42 Å². The fourth-order valence-electron chi connectivity index (χ4n) is 3.88. The summed E-state index contributed by atoms with van der Waals surface area (Å²) >= 11 is 0. The van der Waals surface area contributed by atoms with Crippen LogP contribution >= 0.6 is 0 Å². The number of nitrogens with zero attached hydrogens (tertiary/aromatic N) is 2. The van der Waals surface area contributed by atoms with Crippen LogP contribution in [0.2, 0.25) is 0 Å². The predicted molar refractivity (Wildman–Crippen MR) is 121 cm³/mol. The third-order valence-corrected chi connectivity index (χ3v) is 7.29. The summed E-state index contributed by atoms with van der Waals surface area (Å²) in [5.74, 6) is 0.313. The Bertz CT molecular complexity index is 1320. The maximum atomic E-state index is 13.1. The highest BCUT2D eigenvalue weighted by Gasteiger charge is 2.23. The van der Waals surface area contributed by atoms with E-state index >= 15 is 0 Å². The van der Waals surface area contributed by atoms with E-state index in [-0.39, 0.29) is 0 Å². The first-order valence-electron chi connectivity index (χ1n) is 9.86. The topological polar surface area (TPSA) is 64.0 Å². The normalized spacial score (nSPS) is 11.7. The van der Waals surface area contributed by atoms with E-state index in [1.165, 1.54) is 10.8 Å². The van der Waals surface area contributed by atoms with Crippen molar-refractivity contribution in [3.63, 3.8) is 0 Å². The molecule has 1 heterocycles. The third kappa shape index (κ3) is 3.71. The minimum Gasteiger partial charge on any atom is -0.266 e. The van der Waals surface area contributed by atoms with Crippen molar-refractivity contribution >= 4 is 26.6 Å². The number of anilines is 1. The highest BCUT2D eigenvalue weighted by Crippen LogP contribution is 2.27. The second kappa shape index (κ2) is 7.61. The van der Waals surface area contributed by atoms with Crippen LogP contribution in [0.4, 0.5) is 5.82 Å². The van der Waals surface area contributed by atoms with Crippen molar-refractivity contribution in [3.8, 4) is 0 Å². The summed E-state index contributed by atoms with van der Waals surface area (Å²) in [6.45, 7) is 8.11. The molecule has 0 bridgehead atoms. The van der Waals surface area contributed by atoms with Crippen molar-refractivity contribution in [1.29, 1.82) is 0 Å². The van der Waals surface area contributed by atoms with Crippen molar-refractivity contribution in [2.75, 3.05) is 4.72 Å². The smallest absolute Gasteiger partial charge is 0.263 e. The molecule has 0 aliphatic carbocycles. The number of aromatic nitrogens is 2. The molecule has 3 aromatic carbocycles. The van der Waals surface area contributed by atoms with Crippen LogP contribution in [0.3, 0.4) is 0 Å². The highest BCUT2D eigenvalue weighted by atomic mass is 32.2. The van der Waals surface area contributed by atoms with Crippen LogP contribution in [0.15, 0.2) is 65.7 Å². The molecule has 0 saturated heterocycles. The largest absolute Gasteiger partial charge is 0.266 e. The van der Waals surface area contributed by atoms with Gasteiger partial charge in [0.2, 0.25) is 0 Å². The lowest BCUT2D eigenvalue weighted by atomic mass is 10.0. The van der Waals surface area contributed by atoms with Gasteiger partial charge in [0.05, 0.1) is 11.4 Å². The standard InChI is InChI=1S/C24H25N3O2S/c1-16-14-17(2)19(4)24(18(16)3)30(28,29)26-23-12-13-27(25-23)15-21-10-7-9-20-8-5-6-11-22(20)21/h5-14H,15H2,1-4H3,(H,25,26). The van der Waals surface area contributed by atoms with Crippen molar-refractivity contribution in [2.45, 2.75) is 39.1 Å². The average Bonchev–Trinajstić information content (AvgIpc) is 3.13. The van der Waals surface area contributed by atoms with Crippen LogP contribution in [-0.4, -0.2) is 18.2 Å². The Morgan fingerprint density at radius 1 is 0.900 bits per heavy atom. The van der Waals surface area contributed by atoms with Gasteiger partial charge in [0.25, 0.3) is 10.0 Å². The minimum absolute atomic E-state index is 0.313. The molecular weight excluding hydrogens is 394 g/mol. The minimum atomic E-state index is -3.74. The van der Waals surface area contributed by atoms with E-state index in [0.29, 0.717) is 17.3 Å². The Morgan fingerprint density at radius 2 is 1.57 bits per heavy atom. The summed E-state index contributed by atoms with van der Waals surface area (Å²) in [6.07, 6.45) is 1.79. The molecule has 4 aromatic rings.